The lowest BCUT2D eigenvalue weighted by atomic mass is 10.2. The molecule has 1 aliphatic rings. The van der Waals surface area contributed by atoms with Crippen molar-refractivity contribution in [3.05, 3.63) is 54.1 Å². The monoisotopic (exact) mass is 411 g/mol. The SMILES string of the molecule is Cc1ccccc1OCCCC(=O)Nc1ccc(NC(=O)CN2CCOCC2)cc1. The van der Waals surface area contributed by atoms with Crippen molar-refractivity contribution in [2.45, 2.75) is 19.8 Å². The van der Waals surface area contributed by atoms with Gasteiger partial charge in [-0.1, -0.05) is 18.2 Å². The first-order valence-corrected chi connectivity index (χ1v) is 10.3. The predicted molar refractivity (Wildman–Crippen MR) is 117 cm³/mol. The fraction of sp³-hybridized carbons (Fsp3) is 0.391. The average Bonchev–Trinajstić information content (AvgIpc) is 2.74. The maximum atomic E-state index is 12.1. The van der Waals surface area contributed by atoms with Gasteiger partial charge in [0, 0.05) is 30.9 Å². The largest absolute Gasteiger partial charge is 0.493 e. The van der Waals surface area contributed by atoms with E-state index in [1.807, 2.05) is 31.2 Å². The quantitative estimate of drug-likeness (QED) is 0.620. The number of nitrogens with one attached hydrogen (secondary N) is 2. The summed E-state index contributed by atoms with van der Waals surface area (Å²) in [6, 6.07) is 15.0. The van der Waals surface area contributed by atoms with E-state index < -0.39 is 0 Å². The van der Waals surface area contributed by atoms with E-state index in [1.54, 1.807) is 24.3 Å². The fourth-order valence-electron chi connectivity index (χ4n) is 3.16. The van der Waals surface area contributed by atoms with Crippen LogP contribution >= 0.6 is 0 Å². The Morgan fingerprint density at radius 3 is 2.27 bits per heavy atom. The molecule has 2 aromatic rings. The molecule has 1 aliphatic heterocycles. The Morgan fingerprint density at radius 2 is 1.60 bits per heavy atom. The molecule has 0 atom stereocenters. The Kier molecular flexibility index (Phi) is 8.23. The molecule has 0 unspecified atom stereocenters. The predicted octanol–water partition coefficient (Wildman–Crippen LogP) is 3.06. The second-order valence-corrected chi connectivity index (χ2v) is 7.28. The minimum Gasteiger partial charge on any atom is -0.493 e. The van der Waals surface area contributed by atoms with E-state index in [0.29, 0.717) is 50.6 Å². The van der Waals surface area contributed by atoms with Crippen LogP contribution in [0.25, 0.3) is 0 Å². The lowest BCUT2D eigenvalue weighted by molar-refractivity contribution is -0.118. The highest BCUT2D eigenvalue weighted by Crippen LogP contribution is 2.17. The number of hydrogen-bond acceptors (Lipinski definition) is 5. The zero-order valence-electron chi connectivity index (χ0n) is 17.4. The van der Waals surface area contributed by atoms with Crippen molar-refractivity contribution in [2.24, 2.45) is 0 Å². The average molecular weight is 412 g/mol. The second-order valence-electron chi connectivity index (χ2n) is 7.28. The Bertz CT molecular complexity index is 833. The van der Waals surface area contributed by atoms with Gasteiger partial charge >= 0.3 is 0 Å². The Morgan fingerprint density at radius 1 is 0.967 bits per heavy atom. The maximum absolute atomic E-state index is 12.1. The van der Waals surface area contributed by atoms with Crippen LogP contribution in [0.2, 0.25) is 0 Å². The van der Waals surface area contributed by atoms with Crippen LogP contribution in [0, 0.1) is 6.92 Å². The molecule has 0 aromatic heterocycles. The van der Waals surface area contributed by atoms with E-state index >= 15 is 0 Å². The zero-order chi connectivity index (χ0) is 21.2. The van der Waals surface area contributed by atoms with Gasteiger partial charge in [-0.3, -0.25) is 14.5 Å². The third kappa shape index (κ3) is 7.17. The summed E-state index contributed by atoms with van der Waals surface area (Å²) in [5.74, 6) is 0.735. The topological polar surface area (TPSA) is 79.9 Å². The molecule has 2 N–H and O–H groups in total. The third-order valence-electron chi connectivity index (χ3n) is 4.82. The van der Waals surface area contributed by atoms with Crippen LogP contribution in [0.1, 0.15) is 18.4 Å². The van der Waals surface area contributed by atoms with Gasteiger partial charge in [0.2, 0.25) is 11.8 Å². The van der Waals surface area contributed by atoms with Crippen molar-refractivity contribution in [1.82, 2.24) is 4.90 Å². The van der Waals surface area contributed by atoms with Crippen LogP contribution in [-0.2, 0) is 14.3 Å². The minimum absolute atomic E-state index is 0.0534. The third-order valence-corrected chi connectivity index (χ3v) is 4.82. The van der Waals surface area contributed by atoms with Crippen molar-refractivity contribution in [3.8, 4) is 5.75 Å². The van der Waals surface area contributed by atoms with Gasteiger partial charge in [-0.2, -0.15) is 0 Å². The number of morpholine rings is 1. The number of benzene rings is 2. The Labute approximate surface area is 177 Å². The highest BCUT2D eigenvalue weighted by atomic mass is 16.5. The number of rotatable bonds is 9. The van der Waals surface area contributed by atoms with Gasteiger partial charge in [0.25, 0.3) is 0 Å². The van der Waals surface area contributed by atoms with E-state index in [0.717, 1.165) is 24.4 Å². The van der Waals surface area contributed by atoms with Crippen LogP contribution in [-0.4, -0.2) is 56.2 Å². The van der Waals surface area contributed by atoms with Crippen LogP contribution < -0.4 is 15.4 Å². The lowest BCUT2D eigenvalue weighted by Gasteiger charge is -2.25. The molecule has 1 fully saturated rings. The van der Waals surface area contributed by atoms with Gasteiger partial charge in [-0.15, -0.1) is 0 Å². The van der Waals surface area contributed by atoms with Crippen molar-refractivity contribution < 1.29 is 19.1 Å². The second kappa shape index (κ2) is 11.3. The molecular weight excluding hydrogens is 382 g/mol. The highest BCUT2D eigenvalue weighted by molar-refractivity contribution is 5.93. The van der Waals surface area contributed by atoms with Crippen LogP contribution in [0.5, 0.6) is 5.75 Å². The molecule has 30 heavy (non-hydrogen) atoms. The highest BCUT2D eigenvalue weighted by Gasteiger charge is 2.14. The first-order chi connectivity index (χ1) is 14.6. The number of ether oxygens (including phenoxy) is 2. The van der Waals surface area contributed by atoms with Crippen molar-refractivity contribution >= 4 is 23.2 Å². The molecule has 0 radical (unpaired) electrons. The molecule has 1 heterocycles. The summed E-state index contributed by atoms with van der Waals surface area (Å²) in [7, 11) is 0. The van der Waals surface area contributed by atoms with E-state index in [2.05, 4.69) is 15.5 Å². The van der Waals surface area contributed by atoms with Crippen LogP contribution in [0.3, 0.4) is 0 Å². The summed E-state index contributed by atoms with van der Waals surface area (Å²) < 4.78 is 11.0. The van der Waals surface area contributed by atoms with Gasteiger partial charge in [-0.05, 0) is 49.2 Å². The van der Waals surface area contributed by atoms with Gasteiger partial charge in [0.1, 0.15) is 5.75 Å². The number of para-hydroxylation sites is 1. The van der Waals surface area contributed by atoms with Crippen molar-refractivity contribution in [1.29, 1.82) is 0 Å². The summed E-state index contributed by atoms with van der Waals surface area (Å²) in [5.41, 5.74) is 2.49. The number of carbonyl (C=O) groups is 2. The molecule has 7 nitrogen and oxygen atoms in total. The summed E-state index contributed by atoms with van der Waals surface area (Å²) in [6.07, 6.45) is 1.01. The normalized spacial score (nSPS) is 14.2. The number of carbonyl (C=O) groups excluding carboxylic acids is 2. The Hall–Kier alpha value is -2.90. The molecule has 0 spiro atoms. The minimum atomic E-state index is -0.0625. The summed E-state index contributed by atoms with van der Waals surface area (Å²) in [5, 5.41) is 5.75. The standard InChI is InChI=1S/C23H29N3O4/c1-18-5-2-3-6-21(18)30-14-4-7-22(27)24-19-8-10-20(11-9-19)25-23(28)17-26-12-15-29-16-13-26/h2-3,5-6,8-11H,4,7,12-17H2,1H3,(H,24,27)(H,25,28). The van der Waals surface area contributed by atoms with Gasteiger partial charge in [0.15, 0.2) is 0 Å². The van der Waals surface area contributed by atoms with Crippen LogP contribution in [0.15, 0.2) is 48.5 Å². The molecule has 1 saturated heterocycles. The smallest absolute Gasteiger partial charge is 0.238 e. The lowest BCUT2D eigenvalue weighted by Crippen LogP contribution is -2.41. The molecule has 7 heteroatoms. The Balaban J connectivity index is 1.35. The molecule has 2 amide bonds. The molecule has 0 saturated carbocycles. The number of aryl methyl sites for hydroxylation is 1. The number of hydrogen-bond donors (Lipinski definition) is 2. The van der Waals surface area contributed by atoms with Gasteiger partial charge in [-0.25, -0.2) is 0 Å². The maximum Gasteiger partial charge on any atom is 0.238 e. The molecule has 160 valence electrons. The number of nitrogens with zero attached hydrogens (tertiary/aromatic N) is 1. The van der Waals surface area contributed by atoms with Crippen molar-refractivity contribution in [2.75, 3.05) is 50.1 Å². The number of amides is 2. The van der Waals surface area contributed by atoms with E-state index in [4.69, 9.17) is 9.47 Å². The molecular formula is C23H29N3O4. The zero-order valence-corrected chi connectivity index (χ0v) is 17.4. The van der Waals surface area contributed by atoms with Gasteiger partial charge in [0.05, 0.1) is 26.4 Å². The van der Waals surface area contributed by atoms with E-state index in [1.165, 1.54) is 0 Å². The summed E-state index contributed by atoms with van der Waals surface area (Å²) in [4.78, 5) is 26.3. The van der Waals surface area contributed by atoms with E-state index in [9.17, 15) is 9.59 Å². The first-order valence-electron chi connectivity index (χ1n) is 10.3. The molecule has 3 rings (SSSR count). The molecule has 2 aromatic carbocycles. The van der Waals surface area contributed by atoms with Crippen molar-refractivity contribution in [3.63, 3.8) is 0 Å². The molecule has 0 aliphatic carbocycles. The van der Waals surface area contributed by atoms with E-state index in [-0.39, 0.29) is 11.8 Å². The fourth-order valence-corrected chi connectivity index (χ4v) is 3.16. The molecule has 0 bridgehead atoms. The van der Waals surface area contributed by atoms with Gasteiger partial charge < -0.3 is 20.1 Å². The summed E-state index contributed by atoms with van der Waals surface area (Å²) in [6.45, 7) is 5.72. The first kappa shape index (κ1) is 21.8. The van der Waals surface area contributed by atoms with Crippen LogP contribution in [0.4, 0.5) is 11.4 Å². The number of anilines is 2. The summed E-state index contributed by atoms with van der Waals surface area (Å²) >= 11 is 0.